The first-order chi connectivity index (χ1) is 4.52. The van der Waals surface area contributed by atoms with E-state index in [0.29, 0.717) is 6.08 Å². The van der Waals surface area contributed by atoms with Crippen molar-refractivity contribution in [3.63, 3.8) is 0 Å². The van der Waals surface area contributed by atoms with E-state index in [1.54, 1.807) is 0 Å². The Morgan fingerprint density at radius 2 is 2.20 bits per heavy atom. The van der Waals surface area contributed by atoms with Crippen molar-refractivity contribution >= 4 is 16.1 Å². The third-order valence-electron chi connectivity index (χ3n) is 0.470. The lowest BCUT2D eigenvalue weighted by Gasteiger charge is -1.90. The Labute approximate surface area is 57.6 Å². The lowest BCUT2D eigenvalue weighted by molar-refractivity contribution is -0.128. The molecule has 5 nitrogen and oxygen atoms in total. The van der Waals surface area contributed by atoms with Crippen LogP contribution in [0.5, 0.6) is 0 Å². The molecule has 0 bridgehead atoms. The predicted octanol–water partition coefficient (Wildman–Crippen LogP) is -0.474. The molecule has 0 rings (SSSR count). The normalized spacial score (nSPS) is 9.50. The van der Waals surface area contributed by atoms with E-state index in [9.17, 15) is 13.2 Å². The summed E-state index contributed by atoms with van der Waals surface area (Å²) in [5.41, 5.74) is 0. The van der Waals surface area contributed by atoms with Crippen LogP contribution in [0.3, 0.4) is 0 Å². The monoisotopic (exact) mass is 161 g/mol. The Bertz CT molecular complexity index is 283. The molecule has 0 saturated heterocycles. The molecule has 0 spiro atoms. The van der Waals surface area contributed by atoms with Gasteiger partial charge < -0.3 is 4.18 Å². The van der Waals surface area contributed by atoms with Crippen LogP contribution in [-0.4, -0.2) is 14.4 Å². The molecule has 0 heterocycles. The van der Waals surface area contributed by atoms with Crippen LogP contribution in [-0.2, 0) is 19.1 Å². The first kappa shape index (κ1) is 8.65. The average molecular weight is 161 g/mol. The first-order valence-electron chi connectivity index (χ1n) is 2.03. The fraction of sp³-hybridized carbons (Fsp3) is 0. The standard InChI is InChI=1S/C4H3NO4S/c1-2-4(6)9-10(7,8)3-5/h2H,1H2. The minimum absolute atomic E-state index is 0.648. The molecule has 0 amide bonds. The van der Waals surface area contributed by atoms with Crippen molar-refractivity contribution in [1.29, 1.82) is 5.26 Å². The molecule has 6 heteroatoms. The zero-order chi connectivity index (χ0) is 8.20. The second kappa shape index (κ2) is 2.98. The van der Waals surface area contributed by atoms with Gasteiger partial charge in [0.1, 0.15) is 0 Å². The predicted molar refractivity (Wildman–Crippen MR) is 30.8 cm³/mol. The van der Waals surface area contributed by atoms with Crippen LogP contribution in [0.2, 0.25) is 0 Å². The number of thiocyanates is 1. The number of carbonyl (C=O) groups excluding carboxylic acids is 1. The van der Waals surface area contributed by atoms with Crippen LogP contribution < -0.4 is 0 Å². The fourth-order valence-electron chi connectivity index (χ4n) is 0.161. The van der Waals surface area contributed by atoms with Crippen molar-refractivity contribution in [3.05, 3.63) is 12.7 Å². The summed E-state index contributed by atoms with van der Waals surface area (Å²) < 4.78 is 23.8. The van der Waals surface area contributed by atoms with E-state index in [1.165, 1.54) is 0 Å². The Morgan fingerprint density at radius 1 is 1.70 bits per heavy atom. The Hall–Kier alpha value is -1.35. The Morgan fingerprint density at radius 3 is 2.50 bits per heavy atom. The SMILES string of the molecule is C=CC(=O)OS(=O)(=O)C#N. The van der Waals surface area contributed by atoms with Crippen LogP contribution in [0.1, 0.15) is 0 Å². The van der Waals surface area contributed by atoms with Crippen molar-refractivity contribution in [3.8, 4) is 5.40 Å². The largest absolute Gasteiger partial charge is 0.410 e. The topological polar surface area (TPSA) is 84.2 Å². The van der Waals surface area contributed by atoms with Gasteiger partial charge in [-0.3, -0.25) is 0 Å². The van der Waals surface area contributed by atoms with Gasteiger partial charge in [0.15, 0.2) is 0 Å². The van der Waals surface area contributed by atoms with E-state index in [1.807, 2.05) is 0 Å². The molecule has 0 aliphatic rings. The second-order valence-corrected chi connectivity index (χ2v) is 2.41. The summed E-state index contributed by atoms with van der Waals surface area (Å²) in [7, 11) is -4.35. The lowest BCUT2D eigenvalue weighted by Crippen LogP contribution is -2.07. The first-order valence-corrected chi connectivity index (χ1v) is 3.44. The minimum Gasteiger partial charge on any atom is -0.331 e. The summed E-state index contributed by atoms with van der Waals surface area (Å²) in [6.07, 6.45) is 0.648. The van der Waals surface area contributed by atoms with E-state index in [0.717, 1.165) is 5.40 Å². The number of carbonyl (C=O) groups is 1. The van der Waals surface area contributed by atoms with Crippen molar-refractivity contribution in [2.45, 2.75) is 0 Å². The van der Waals surface area contributed by atoms with Gasteiger partial charge in [0.2, 0.25) is 5.40 Å². The molecule has 0 atom stereocenters. The van der Waals surface area contributed by atoms with Gasteiger partial charge >= 0.3 is 16.1 Å². The van der Waals surface area contributed by atoms with Crippen LogP contribution in [0.25, 0.3) is 0 Å². The van der Waals surface area contributed by atoms with Crippen molar-refractivity contribution in [2.75, 3.05) is 0 Å². The van der Waals surface area contributed by atoms with Gasteiger partial charge in [-0.15, -0.1) is 0 Å². The molecular weight excluding hydrogens is 158 g/mol. The maximum atomic E-state index is 10.1. The Balaban J connectivity index is 4.35. The molecule has 10 heavy (non-hydrogen) atoms. The maximum absolute atomic E-state index is 10.1. The lowest BCUT2D eigenvalue weighted by atomic mass is 10.7. The van der Waals surface area contributed by atoms with Gasteiger partial charge in [0.05, 0.1) is 0 Å². The summed E-state index contributed by atoms with van der Waals surface area (Å²) in [5, 5.41) is 8.58. The van der Waals surface area contributed by atoms with Gasteiger partial charge in [-0.05, 0) is 0 Å². The molecule has 0 aliphatic carbocycles. The number of nitrogens with zero attached hydrogens (tertiary/aromatic N) is 1. The number of hydrogen-bond acceptors (Lipinski definition) is 5. The molecule has 54 valence electrons. The molecule has 0 aromatic carbocycles. The molecule has 0 aromatic heterocycles. The summed E-state index contributed by atoms with van der Waals surface area (Å²) >= 11 is 0. The Kier molecular flexibility index (Phi) is 2.58. The molecule has 0 aromatic rings. The molecule has 0 unspecified atom stereocenters. The van der Waals surface area contributed by atoms with Gasteiger partial charge in [0, 0.05) is 6.08 Å². The molecular formula is C4H3NO4S. The molecule has 0 saturated carbocycles. The zero-order valence-corrected chi connectivity index (χ0v) is 5.59. The summed E-state index contributed by atoms with van der Waals surface area (Å²) in [6.45, 7) is 2.93. The highest BCUT2D eigenvalue weighted by atomic mass is 32.2. The maximum Gasteiger partial charge on any atom is 0.410 e. The van der Waals surface area contributed by atoms with E-state index >= 15 is 0 Å². The number of nitriles is 1. The zero-order valence-electron chi connectivity index (χ0n) is 4.77. The quantitative estimate of drug-likeness (QED) is 0.236. The molecule has 0 aliphatic heterocycles. The van der Waals surface area contributed by atoms with Gasteiger partial charge in [-0.25, -0.2) is 4.79 Å². The van der Waals surface area contributed by atoms with Crippen LogP contribution >= 0.6 is 0 Å². The fourth-order valence-corrected chi connectivity index (χ4v) is 0.482. The van der Waals surface area contributed by atoms with E-state index in [-0.39, 0.29) is 0 Å². The minimum atomic E-state index is -4.35. The van der Waals surface area contributed by atoms with Gasteiger partial charge in [-0.1, -0.05) is 6.58 Å². The molecule has 0 fully saturated rings. The number of rotatable bonds is 2. The summed E-state index contributed by atoms with van der Waals surface area (Å²) in [5.74, 6) is -1.17. The van der Waals surface area contributed by atoms with Crippen LogP contribution in [0, 0.1) is 10.7 Å². The van der Waals surface area contributed by atoms with Crippen LogP contribution in [0.15, 0.2) is 12.7 Å². The summed E-state index contributed by atoms with van der Waals surface area (Å²) in [6, 6.07) is 0. The molecule has 0 radical (unpaired) electrons. The van der Waals surface area contributed by atoms with Crippen molar-refractivity contribution < 1.29 is 17.4 Å². The van der Waals surface area contributed by atoms with E-state index in [4.69, 9.17) is 5.26 Å². The van der Waals surface area contributed by atoms with E-state index in [2.05, 4.69) is 10.8 Å². The second-order valence-electron chi connectivity index (χ2n) is 1.15. The third-order valence-corrected chi connectivity index (χ3v) is 1.08. The highest BCUT2D eigenvalue weighted by molar-refractivity contribution is 7.91. The van der Waals surface area contributed by atoms with Gasteiger partial charge in [0.25, 0.3) is 0 Å². The highest BCUT2D eigenvalue weighted by Crippen LogP contribution is 1.90. The summed E-state index contributed by atoms with van der Waals surface area (Å²) in [4.78, 5) is 10.1. The average Bonchev–Trinajstić information content (AvgIpc) is 1.87. The van der Waals surface area contributed by atoms with Gasteiger partial charge in [-0.2, -0.15) is 13.7 Å². The van der Waals surface area contributed by atoms with E-state index < -0.39 is 16.1 Å². The number of hydrogen-bond donors (Lipinski definition) is 0. The van der Waals surface area contributed by atoms with Crippen molar-refractivity contribution in [1.82, 2.24) is 0 Å². The third kappa shape index (κ3) is 2.84. The smallest absolute Gasteiger partial charge is 0.331 e. The molecule has 0 N–H and O–H groups in total. The van der Waals surface area contributed by atoms with Crippen molar-refractivity contribution in [2.24, 2.45) is 0 Å². The highest BCUT2D eigenvalue weighted by Gasteiger charge is 2.12. The van der Waals surface area contributed by atoms with Crippen LogP contribution in [0.4, 0.5) is 0 Å².